The summed E-state index contributed by atoms with van der Waals surface area (Å²) >= 11 is 0. The molecule has 1 N–H and O–H groups in total. The lowest BCUT2D eigenvalue weighted by atomic mass is 9.90. The van der Waals surface area contributed by atoms with Gasteiger partial charge in [-0.15, -0.1) is 0 Å². The van der Waals surface area contributed by atoms with Crippen molar-refractivity contribution in [2.75, 3.05) is 6.54 Å². The summed E-state index contributed by atoms with van der Waals surface area (Å²) in [7, 11) is 0. The molecule has 1 aromatic carbocycles. The van der Waals surface area contributed by atoms with Gasteiger partial charge in [-0.2, -0.15) is 0 Å². The smallest absolute Gasteiger partial charge is 0.410 e. The Hall–Kier alpha value is -2.63. The maximum atomic E-state index is 13.1. The van der Waals surface area contributed by atoms with E-state index < -0.39 is 5.60 Å². The first kappa shape index (κ1) is 21.6. The summed E-state index contributed by atoms with van der Waals surface area (Å²) in [6, 6.07) is 8.66. The topological polar surface area (TPSA) is 75.3 Å². The van der Waals surface area contributed by atoms with Gasteiger partial charge in [0.2, 0.25) is 0 Å². The molecule has 0 spiro atoms. The van der Waals surface area contributed by atoms with Crippen molar-refractivity contribution in [1.29, 1.82) is 0 Å². The highest BCUT2D eigenvalue weighted by molar-refractivity contribution is 5.68. The van der Waals surface area contributed by atoms with Gasteiger partial charge in [-0.1, -0.05) is 38.1 Å². The minimum atomic E-state index is -0.566. The average molecular weight is 424 g/mol. The van der Waals surface area contributed by atoms with Crippen LogP contribution in [-0.4, -0.2) is 33.1 Å². The van der Waals surface area contributed by atoms with Crippen molar-refractivity contribution < 1.29 is 9.53 Å². The first-order valence-electron chi connectivity index (χ1n) is 11.3. The standard InChI is InChI=1S/C25H33N3O3/c1-16(2)17-8-6-9-18(14-17)25(11-12-25)22-26-20-10-7-13-28(15-19(20)21(29)27-22)23(30)31-24(3,4)5/h6,8-9,14,16H,7,10-13,15H2,1-5H3,(H,26,27,29). The third kappa shape index (κ3) is 4.39. The molecule has 0 bridgehead atoms. The number of carbonyl (C=O) groups excluding carboxylic acids is 1. The van der Waals surface area contributed by atoms with E-state index in [0.717, 1.165) is 30.8 Å². The number of aryl methyl sites for hydroxylation is 1. The van der Waals surface area contributed by atoms with Gasteiger partial charge < -0.3 is 14.6 Å². The zero-order chi connectivity index (χ0) is 22.4. The van der Waals surface area contributed by atoms with Crippen LogP contribution in [0.3, 0.4) is 0 Å². The van der Waals surface area contributed by atoms with Gasteiger partial charge in [0.1, 0.15) is 11.4 Å². The van der Waals surface area contributed by atoms with E-state index in [0.29, 0.717) is 24.4 Å². The Morgan fingerprint density at radius 2 is 2.00 bits per heavy atom. The molecule has 31 heavy (non-hydrogen) atoms. The molecular weight excluding hydrogens is 390 g/mol. The molecular formula is C25H33N3O3. The van der Waals surface area contributed by atoms with E-state index in [-0.39, 0.29) is 23.6 Å². The van der Waals surface area contributed by atoms with E-state index in [1.807, 2.05) is 20.8 Å². The fourth-order valence-corrected chi connectivity index (χ4v) is 4.31. The molecule has 1 amide bonds. The fraction of sp³-hybridized carbons (Fsp3) is 0.560. The van der Waals surface area contributed by atoms with Gasteiger partial charge >= 0.3 is 6.09 Å². The Bertz CT molecular complexity index is 1040. The van der Waals surface area contributed by atoms with Crippen LogP contribution < -0.4 is 5.56 Å². The molecule has 2 aliphatic rings. The Kier molecular flexibility index (Phi) is 5.44. The third-order valence-electron chi connectivity index (χ3n) is 6.25. The second-order valence-electron chi connectivity index (χ2n) is 10.2. The molecule has 1 aromatic heterocycles. The number of nitrogens with zero attached hydrogens (tertiary/aromatic N) is 2. The van der Waals surface area contributed by atoms with Crippen LogP contribution in [-0.2, 0) is 23.1 Å². The second-order valence-corrected chi connectivity index (χ2v) is 10.2. The number of fused-ring (bicyclic) bond motifs is 1. The number of aromatic nitrogens is 2. The average Bonchev–Trinajstić information content (AvgIpc) is 3.51. The third-order valence-corrected chi connectivity index (χ3v) is 6.25. The highest BCUT2D eigenvalue weighted by Gasteiger charge is 2.48. The lowest BCUT2D eigenvalue weighted by molar-refractivity contribution is 0.0236. The maximum Gasteiger partial charge on any atom is 0.410 e. The number of aromatic amines is 1. The molecule has 0 radical (unpaired) electrons. The van der Waals surface area contributed by atoms with Crippen molar-refractivity contribution in [2.45, 2.75) is 83.8 Å². The van der Waals surface area contributed by atoms with Crippen molar-refractivity contribution in [3.63, 3.8) is 0 Å². The predicted octanol–water partition coefficient (Wildman–Crippen LogP) is 4.66. The van der Waals surface area contributed by atoms with E-state index in [1.54, 1.807) is 4.90 Å². The van der Waals surface area contributed by atoms with Crippen LogP contribution in [0.4, 0.5) is 4.79 Å². The number of amides is 1. The molecule has 0 unspecified atom stereocenters. The van der Waals surface area contributed by atoms with Crippen LogP contribution in [0.15, 0.2) is 29.1 Å². The first-order chi connectivity index (χ1) is 14.6. The molecule has 1 aliphatic carbocycles. The minimum absolute atomic E-state index is 0.137. The van der Waals surface area contributed by atoms with Crippen LogP contribution in [0.2, 0.25) is 0 Å². The Labute approximate surface area is 184 Å². The van der Waals surface area contributed by atoms with Gasteiger partial charge in [-0.05, 0) is 63.5 Å². The summed E-state index contributed by atoms with van der Waals surface area (Å²) in [4.78, 5) is 35.3. The molecule has 2 aromatic rings. The fourth-order valence-electron chi connectivity index (χ4n) is 4.31. The van der Waals surface area contributed by atoms with E-state index in [9.17, 15) is 9.59 Å². The predicted molar refractivity (Wildman–Crippen MR) is 120 cm³/mol. The summed E-state index contributed by atoms with van der Waals surface area (Å²) in [6.07, 6.45) is 3.04. The SMILES string of the molecule is CC(C)c1cccc(C2(c3nc4c(c(=O)[nH]3)CN(C(=O)OC(C)(C)C)CCC4)CC2)c1. The minimum Gasteiger partial charge on any atom is -0.444 e. The summed E-state index contributed by atoms with van der Waals surface area (Å²) in [5.41, 5.74) is 3.02. The number of ether oxygens (including phenoxy) is 1. The van der Waals surface area contributed by atoms with Gasteiger partial charge in [-0.3, -0.25) is 4.79 Å². The lowest BCUT2D eigenvalue weighted by Gasteiger charge is -2.26. The molecule has 4 rings (SSSR count). The molecule has 1 saturated carbocycles. The molecule has 0 atom stereocenters. The lowest BCUT2D eigenvalue weighted by Crippen LogP contribution is -2.37. The second kappa shape index (κ2) is 7.81. The van der Waals surface area contributed by atoms with Crippen molar-refractivity contribution in [2.24, 2.45) is 0 Å². The Balaban J connectivity index is 1.65. The van der Waals surface area contributed by atoms with Crippen LogP contribution in [0, 0.1) is 0 Å². The molecule has 1 aliphatic heterocycles. The van der Waals surface area contributed by atoms with Crippen LogP contribution in [0.5, 0.6) is 0 Å². The zero-order valence-electron chi connectivity index (χ0n) is 19.2. The monoisotopic (exact) mass is 423 g/mol. The summed E-state index contributed by atoms with van der Waals surface area (Å²) in [5, 5.41) is 0. The summed E-state index contributed by atoms with van der Waals surface area (Å²) in [5.74, 6) is 1.22. The highest BCUT2D eigenvalue weighted by atomic mass is 16.6. The van der Waals surface area contributed by atoms with Gasteiger partial charge in [0.15, 0.2) is 0 Å². The number of hydrogen-bond acceptors (Lipinski definition) is 4. The zero-order valence-corrected chi connectivity index (χ0v) is 19.2. The molecule has 166 valence electrons. The van der Waals surface area contributed by atoms with E-state index in [2.05, 4.69) is 43.1 Å². The number of nitrogens with one attached hydrogen (secondary N) is 1. The van der Waals surface area contributed by atoms with Crippen molar-refractivity contribution >= 4 is 6.09 Å². The van der Waals surface area contributed by atoms with Crippen LogP contribution in [0.1, 0.15) is 88.0 Å². The Morgan fingerprint density at radius 1 is 1.26 bits per heavy atom. The molecule has 0 saturated heterocycles. The Morgan fingerprint density at radius 3 is 2.65 bits per heavy atom. The quantitative estimate of drug-likeness (QED) is 0.779. The normalized spacial score (nSPS) is 17.8. The van der Waals surface area contributed by atoms with Gasteiger partial charge in [0.05, 0.1) is 23.2 Å². The van der Waals surface area contributed by atoms with Crippen molar-refractivity contribution in [1.82, 2.24) is 14.9 Å². The highest BCUT2D eigenvalue weighted by Crippen LogP contribution is 2.52. The van der Waals surface area contributed by atoms with Gasteiger partial charge in [-0.25, -0.2) is 9.78 Å². The molecule has 2 heterocycles. The largest absolute Gasteiger partial charge is 0.444 e. The number of H-pyrrole nitrogens is 1. The number of rotatable bonds is 3. The summed E-state index contributed by atoms with van der Waals surface area (Å²) in [6.45, 7) is 10.7. The molecule has 1 fully saturated rings. The van der Waals surface area contributed by atoms with E-state index in [4.69, 9.17) is 9.72 Å². The van der Waals surface area contributed by atoms with Crippen LogP contribution >= 0.6 is 0 Å². The molecule has 6 heteroatoms. The van der Waals surface area contributed by atoms with E-state index in [1.165, 1.54) is 11.1 Å². The number of hydrogen-bond donors (Lipinski definition) is 1. The first-order valence-corrected chi connectivity index (χ1v) is 11.3. The van der Waals surface area contributed by atoms with Crippen molar-refractivity contribution in [3.05, 3.63) is 62.8 Å². The van der Waals surface area contributed by atoms with E-state index >= 15 is 0 Å². The van der Waals surface area contributed by atoms with Crippen LogP contribution in [0.25, 0.3) is 0 Å². The van der Waals surface area contributed by atoms with Gasteiger partial charge in [0, 0.05) is 6.54 Å². The van der Waals surface area contributed by atoms with Crippen molar-refractivity contribution in [3.8, 4) is 0 Å². The molecule has 6 nitrogen and oxygen atoms in total. The number of carbonyl (C=O) groups is 1. The van der Waals surface area contributed by atoms with Gasteiger partial charge in [0.25, 0.3) is 5.56 Å². The maximum absolute atomic E-state index is 13.1. The summed E-state index contributed by atoms with van der Waals surface area (Å²) < 4.78 is 5.52. The number of benzene rings is 1.